The van der Waals surface area contributed by atoms with Crippen molar-refractivity contribution in [2.75, 3.05) is 0 Å². The molecule has 3 heteroatoms. The predicted molar refractivity (Wildman–Crippen MR) is 52.4 cm³/mol. The molecule has 0 aliphatic carbocycles. The van der Waals surface area contributed by atoms with Gasteiger partial charge in [-0.05, 0) is 6.92 Å². The smallest absolute Gasteiger partial charge is 0.0840 e. The fraction of sp³-hybridized carbons (Fsp3) is 0.250. The monoisotopic (exact) mass is 210 g/mol. The van der Waals surface area contributed by atoms with Crippen molar-refractivity contribution in [3.8, 4) is 0 Å². The van der Waals surface area contributed by atoms with Gasteiger partial charge in [-0.15, -0.1) is 0 Å². The van der Waals surface area contributed by atoms with Crippen LogP contribution in [0.2, 0.25) is 0 Å². The average molecular weight is 212 g/mol. The number of alkyl halides is 3. The normalized spacial score (nSPS) is 9.82. The molecule has 0 unspecified atom stereocenters. The lowest BCUT2D eigenvalue weighted by Crippen LogP contribution is -1.87. The molecule has 0 atom stereocenters. The third-order valence-corrected chi connectivity index (χ3v) is 0.667. The Bertz CT molecular complexity index is 134. The summed E-state index contributed by atoms with van der Waals surface area (Å²) in [6, 6.07) is 12.0. The molecule has 0 saturated heterocycles. The van der Waals surface area contributed by atoms with Gasteiger partial charge in [-0.1, -0.05) is 71.2 Å². The number of rotatable bonds is 0. The Labute approximate surface area is 82.1 Å². The second-order valence-electron chi connectivity index (χ2n) is 1.94. The molecule has 0 radical (unpaired) electrons. The molecule has 1 aromatic carbocycles. The first kappa shape index (κ1) is 11.1. The fourth-order valence-corrected chi connectivity index (χ4v) is 0.385. The lowest BCUT2D eigenvalue weighted by atomic mass is 10.4. The Morgan fingerprint density at radius 2 is 0.818 bits per heavy atom. The maximum Gasteiger partial charge on any atom is 0.187 e. The van der Waals surface area contributed by atoms with Crippen LogP contribution in [-0.4, -0.2) is 3.79 Å². The van der Waals surface area contributed by atoms with Gasteiger partial charge in [0, 0.05) is 0 Å². The molecule has 1 rings (SSSR count). The van der Waals surface area contributed by atoms with Crippen LogP contribution in [0.25, 0.3) is 0 Å². The van der Waals surface area contributed by atoms with Crippen molar-refractivity contribution in [3.63, 3.8) is 0 Å². The zero-order valence-electron chi connectivity index (χ0n) is 6.10. The van der Waals surface area contributed by atoms with E-state index in [0.717, 1.165) is 0 Å². The summed E-state index contributed by atoms with van der Waals surface area (Å²) in [4.78, 5) is 0. The molecule has 0 fully saturated rings. The van der Waals surface area contributed by atoms with Crippen LogP contribution < -0.4 is 0 Å². The van der Waals surface area contributed by atoms with Crippen LogP contribution in [0.5, 0.6) is 0 Å². The molecule has 1 aromatic rings. The Morgan fingerprint density at radius 3 is 0.909 bits per heavy atom. The second-order valence-corrected chi connectivity index (χ2v) is 4.78. The van der Waals surface area contributed by atoms with E-state index in [1.54, 1.807) is 0 Å². The molecule has 0 aromatic heterocycles. The van der Waals surface area contributed by atoms with Gasteiger partial charge in [-0.25, -0.2) is 0 Å². The van der Waals surface area contributed by atoms with E-state index in [1.807, 2.05) is 36.4 Å². The van der Waals surface area contributed by atoms with E-state index in [2.05, 4.69) is 0 Å². The van der Waals surface area contributed by atoms with E-state index in [-0.39, 0.29) is 0 Å². The quantitative estimate of drug-likeness (QED) is 0.568. The molecule has 0 aliphatic heterocycles. The number of hydrogen-bond acceptors (Lipinski definition) is 0. The van der Waals surface area contributed by atoms with Crippen molar-refractivity contribution in [2.24, 2.45) is 0 Å². The summed E-state index contributed by atoms with van der Waals surface area (Å²) < 4.78 is -1.08. The molecule has 0 aliphatic rings. The zero-order chi connectivity index (χ0) is 8.74. The maximum absolute atomic E-state index is 5.06. The van der Waals surface area contributed by atoms with Crippen LogP contribution in [0, 0.1) is 0 Å². The third-order valence-electron chi connectivity index (χ3n) is 0.667. The van der Waals surface area contributed by atoms with Crippen LogP contribution in [0.4, 0.5) is 0 Å². The van der Waals surface area contributed by atoms with Crippen LogP contribution in [0.1, 0.15) is 6.92 Å². The maximum atomic E-state index is 5.06. The van der Waals surface area contributed by atoms with Crippen molar-refractivity contribution < 1.29 is 0 Å². The third kappa shape index (κ3) is 17.8. The Kier molecular flexibility index (Phi) is 5.75. The highest BCUT2D eigenvalue weighted by Crippen LogP contribution is 2.23. The van der Waals surface area contributed by atoms with Gasteiger partial charge in [0.2, 0.25) is 0 Å². The lowest BCUT2D eigenvalue weighted by molar-refractivity contribution is 1.27. The van der Waals surface area contributed by atoms with Gasteiger partial charge in [0.25, 0.3) is 0 Å². The van der Waals surface area contributed by atoms with E-state index in [0.29, 0.717) is 0 Å². The molecule has 0 heterocycles. The highest BCUT2D eigenvalue weighted by molar-refractivity contribution is 6.67. The summed E-state index contributed by atoms with van der Waals surface area (Å²) in [5.41, 5.74) is 0. The Balaban J connectivity index is 0.000000187. The molecule has 0 bridgehead atoms. The fourth-order valence-electron chi connectivity index (χ4n) is 0.385. The topological polar surface area (TPSA) is 0 Å². The summed E-state index contributed by atoms with van der Waals surface area (Å²) in [6.45, 7) is 1.48. The van der Waals surface area contributed by atoms with Crippen molar-refractivity contribution in [3.05, 3.63) is 36.4 Å². The summed E-state index contributed by atoms with van der Waals surface area (Å²) in [6.07, 6.45) is 0. The first-order chi connectivity index (χ1) is 5.00. The van der Waals surface area contributed by atoms with Crippen LogP contribution >= 0.6 is 34.8 Å². The summed E-state index contributed by atoms with van der Waals surface area (Å²) in [5, 5.41) is 0. The van der Waals surface area contributed by atoms with Crippen LogP contribution in [0.3, 0.4) is 0 Å². The summed E-state index contributed by atoms with van der Waals surface area (Å²) >= 11 is 15.2. The van der Waals surface area contributed by atoms with E-state index in [9.17, 15) is 0 Å². The van der Waals surface area contributed by atoms with Gasteiger partial charge < -0.3 is 0 Å². The van der Waals surface area contributed by atoms with Crippen LogP contribution in [0.15, 0.2) is 36.4 Å². The highest BCUT2D eigenvalue weighted by atomic mass is 35.6. The van der Waals surface area contributed by atoms with Crippen LogP contribution in [-0.2, 0) is 0 Å². The Hall–Kier alpha value is 0.0900. The molecule has 0 spiro atoms. The van der Waals surface area contributed by atoms with E-state index >= 15 is 0 Å². The molecule has 0 amide bonds. The zero-order valence-corrected chi connectivity index (χ0v) is 8.37. The molecular formula is C8H9Cl3. The van der Waals surface area contributed by atoms with Crippen molar-refractivity contribution in [1.29, 1.82) is 0 Å². The molecule has 0 N–H and O–H groups in total. The van der Waals surface area contributed by atoms with E-state index in [1.165, 1.54) is 6.92 Å². The molecule has 0 saturated carbocycles. The van der Waals surface area contributed by atoms with Gasteiger partial charge in [0.1, 0.15) is 0 Å². The van der Waals surface area contributed by atoms with E-state index < -0.39 is 3.79 Å². The van der Waals surface area contributed by atoms with Gasteiger partial charge in [0.15, 0.2) is 3.79 Å². The second kappa shape index (κ2) is 5.70. The molecule has 62 valence electrons. The predicted octanol–water partition coefficient (Wildman–Crippen LogP) is 4.06. The van der Waals surface area contributed by atoms with Gasteiger partial charge in [-0.2, -0.15) is 0 Å². The van der Waals surface area contributed by atoms with Gasteiger partial charge >= 0.3 is 0 Å². The standard InChI is InChI=1S/C6H6.C2H3Cl3/c1-2-4-6-5-3-1;1-2(3,4)5/h1-6H;1H3. The van der Waals surface area contributed by atoms with Crippen molar-refractivity contribution in [2.45, 2.75) is 10.7 Å². The minimum Gasteiger partial charge on any atom is -0.0840 e. The Morgan fingerprint density at radius 1 is 0.727 bits per heavy atom. The minimum atomic E-state index is -1.08. The minimum absolute atomic E-state index is 1.08. The first-order valence-electron chi connectivity index (χ1n) is 3.07. The number of hydrogen-bond donors (Lipinski definition) is 0. The largest absolute Gasteiger partial charge is 0.187 e. The molecule has 0 nitrogen and oxygen atoms in total. The summed E-state index contributed by atoms with van der Waals surface area (Å²) in [7, 11) is 0. The molecule has 11 heavy (non-hydrogen) atoms. The summed E-state index contributed by atoms with van der Waals surface area (Å²) in [5.74, 6) is 0. The highest BCUT2D eigenvalue weighted by Gasteiger charge is 2.07. The number of benzene rings is 1. The van der Waals surface area contributed by atoms with E-state index in [4.69, 9.17) is 34.8 Å². The van der Waals surface area contributed by atoms with Gasteiger partial charge in [0.05, 0.1) is 0 Å². The van der Waals surface area contributed by atoms with Crippen molar-refractivity contribution in [1.82, 2.24) is 0 Å². The molecular weight excluding hydrogens is 202 g/mol. The van der Waals surface area contributed by atoms with Gasteiger partial charge in [-0.3, -0.25) is 0 Å². The van der Waals surface area contributed by atoms with Crippen molar-refractivity contribution >= 4 is 34.8 Å². The number of halogens is 3. The lowest BCUT2D eigenvalue weighted by Gasteiger charge is -1.94. The first-order valence-corrected chi connectivity index (χ1v) is 4.20. The average Bonchev–Trinajstić information content (AvgIpc) is 1.88. The SMILES string of the molecule is CC(Cl)(Cl)Cl.c1ccccc1.